The highest BCUT2D eigenvalue weighted by atomic mass is 35.5. The normalized spacial score (nSPS) is 11.9. The maximum absolute atomic E-state index is 14.6. The quantitative estimate of drug-likeness (QED) is 0.122. The van der Waals surface area contributed by atoms with E-state index in [9.17, 15) is 18.0 Å². The Kier molecular flexibility index (Phi) is 13.3. The van der Waals surface area contributed by atoms with E-state index in [4.69, 9.17) is 27.9 Å². The summed E-state index contributed by atoms with van der Waals surface area (Å²) in [5.41, 5.74) is 2.55. The smallest absolute Gasteiger partial charge is 0.264 e. The molecule has 0 saturated carbocycles. The van der Waals surface area contributed by atoms with Gasteiger partial charge < -0.3 is 15.0 Å². The van der Waals surface area contributed by atoms with Crippen LogP contribution in [-0.4, -0.2) is 50.9 Å². The number of nitrogens with one attached hydrogen (secondary N) is 1. The predicted octanol–water partition coefficient (Wildman–Crippen LogP) is 7.45. The topological polar surface area (TPSA) is 96.0 Å². The molecule has 0 heterocycles. The lowest BCUT2D eigenvalue weighted by Crippen LogP contribution is -2.53. The zero-order valence-electron chi connectivity index (χ0n) is 27.4. The molecule has 0 saturated heterocycles. The van der Waals surface area contributed by atoms with E-state index in [1.54, 1.807) is 54.6 Å². The second-order valence-electron chi connectivity index (χ2n) is 11.4. The first-order valence-corrected chi connectivity index (χ1v) is 18.1. The average Bonchev–Trinajstić information content (AvgIpc) is 3.07. The fourth-order valence-electron chi connectivity index (χ4n) is 5.14. The van der Waals surface area contributed by atoms with Crippen molar-refractivity contribution in [3.63, 3.8) is 0 Å². The van der Waals surface area contributed by atoms with Crippen molar-refractivity contribution in [2.45, 2.75) is 57.5 Å². The lowest BCUT2D eigenvalue weighted by Gasteiger charge is -2.34. The fraction of sp³-hybridized carbons (Fsp3) is 0.297. The van der Waals surface area contributed by atoms with Gasteiger partial charge in [0.15, 0.2) is 0 Å². The molecule has 0 bridgehead atoms. The summed E-state index contributed by atoms with van der Waals surface area (Å²) < 4.78 is 35.1. The number of hydrogen-bond donors (Lipinski definition) is 1. The van der Waals surface area contributed by atoms with E-state index in [1.165, 1.54) is 17.0 Å². The van der Waals surface area contributed by atoms with Crippen molar-refractivity contribution in [1.82, 2.24) is 10.2 Å². The van der Waals surface area contributed by atoms with Gasteiger partial charge >= 0.3 is 0 Å². The Morgan fingerprint density at radius 1 is 0.896 bits per heavy atom. The number of carbonyl (C=O) groups is 2. The van der Waals surface area contributed by atoms with Gasteiger partial charge in [0.25, 0.3) is 10.0 Å². The molecular weight excluding hydrogens is 669 g/mol. The van der Waals surface area contributed by atoms with E-state index < -0.39 is 28.5 Å². The van der Waals surface area contributed by atoms with Crippen molar-refractivity contribution >= 4 is 50.7 Å². The van der Waals surface area contributed by atoms with E-state index in [1.807, 2.05) is 51.1 Å². The molecule has 48 heavy (non-hydrogen) atoms. The van der Waals surface area contributed by atoms with Crippen LogP contribution in [-0.2, 0) is 32.6 Å². The SMILES string of the molecule is CCCCNC(=O)C(Cc1ccccc1)N(Cc1ccc(Cl)cc1Cl)C(=O)CN(c1ccc(OCC)cc1)S(=O)(=O)c1ccc(C)cc1. The Hall–Kier alpha value is -4.05. The minimum Gasteiger partial charge on any atom is -0.494 e. The van der Waals surface area contributed by atoms with Crippen LogP contribution in [0.3, 0.4) is 0 Å². The van der Waals surface area contributed by atoms with Crippen LogP contribution in [0.15, 0.2) is 102 Å². The molecule has 4 aromatic carbocycles. The highest BCUT2D eigenvalue weighted by molar-refractivity contribution is 7.92. The average molecular weight is 711 g/mol. The lowest BCUT2D eigenvalue weighted by molar-refractivity contribution is -0.140. The number of amides is 2. The number of anilines is 1. The number of hydrogen-bond acceptors (Lipinski definition) is 5. The summed E-state index contributed by atoms with van der Waals surface area (Å²) in [5.74, 6) is -0.372. The monoisotopic (exact) mass is 709 g/mol. The Bertz CT molecular complexity index is 1770. The molecule has 11 heteroatoms. The van der Waals surface area contributed by atoms with Gasteiger partial charge in [0.1, 0.15) is 18.3 Å². The van der Waals surface area contributed by atoms with Gasteiger partial charge in [-0.25, -0.2) is 8.42 Å². The summed E-state index contributed by atoms with van der Waals surface area (Å²) in [5, 5.41) is 3.72. The van der Waals surface area contributed by atoms with Gasteiger partial charge in [0, 0.05) is 29.6 Å². The molecule has 0 aliphatic rings. The van der Waals surface area contributed by atoms with Crippen LogP contribution in [0.25, 0.3) is 0 Å². The molecule has 0 spiro atoms. The Morgan fingerprint density at radius 2 is 1.58 bits per heavy atom. The second-order valence-corrected chi connectivity index (χ2v) is 14.1. The molecule has 8 nitrogen and oxygen atoms in total. The van der Waals surface area contributed by atoms with Crippen molar-refractivity contribution < 1.29 is 22.7 Å². The molecule has 2 amide bonds. The van der Waals surface area contributed by atoms with Crippen molar-refractivity contribution in [2.75, 3.05) is 24.0 Å². The maximum atomic E-state index is 14.6. The molecule has 1 unspecified atom stereocenters. The lowest BCUT2D eigenvalue weighted by atomic mass is 10.0. The number of aryl methyl sites for hydroxylation is 1. The highest BCUT2D eigenvalue weighted by Gasteiger charge is 2.35. The molecule has 0 aliphatic carbocycles. The third-order valence-corrected chi connectivity index (χ3v) is 10.2. The van der Waals surface area contributed by atoms with Gasteiger partial charge in [0.2, 0.25) is 11.8 Å². The first-order chi connectivity index (χ1) is 23.0. The standard InChI is InChI=1S/C37H41Cl2N3O5S/c1-4-6-22-40-37(44)35(23-28-10-8-7-9-11-28)41(25-29-14-15-30(38)24-34(29)39)36(43)26-42(31-16-18-32(19-17-31)47-5-2)48(45,46)33-20-12-27(3)13-21-33/h7-21,24,35H,4-6,22-23,25-26H2,1-3H3,(H,40,44). The van der Waals surface area contributed by atoms with Crippen molar-refractivity contribution in [2.24, 2.45) is 0 Å². The third kappa shape index (κ3) is 9.75. The van der Waals surface area contributed by atoms with E-state index in [0.717, 1.165) is 28.3 Å². The first kappa shape index (κ1) is 36.8. The van der Waals surface area contributed by atoms with Gasteiger partial charge in [-0.05, 0) is 79.9 Å². The van der Waals surface area contributed by atoms with Crippen molar-refractivity contribution in [3.05, 3.63) is 124 Å². The molecule has 4 rings (SSSR count). The zero-order valence-corrected chi connectivity index (χ0v) is 29.7. The Balaban J connectivity index is 1.81. The van der Waals surface area contributed by atoms with Crippen LogP contribution in [0.2, 0.25) is 10.0 Å². The molecule has 0 aromatic heterocycles. The summed E-state index contributed by atoms with van der Waals surface area (Å²) in [4.78, 5) is 30.0. The summed E-state index contributed by atoms with van der Waals surface area (Å²) in [7, 11) is -4.23. The Morgan fingerprint density at radius 3 is 2.21 bits per heavy atom. The van der Waals surface area contributed by atoms with Gasteiger partial charge in [-0.1, -0.05) is 90.6 Å². The number of unbranched alkanes of at least 4 members (excludes halogenated alkanes) is 1. The number of benzene rings is 4. The fourth-order valence-corrected chi connectivity index (χ4v) is 7.02. The van der Waals surface area contributed by atoms with Crippen molar-refractivity contribution in [1.29, 1.82) is 0 Å². The molecule has 0 radical (unpaired) electrons. The van der Waals surface area contributed by atoms with Crippen LogP contribution in [0.1, 0.15) is 43.4 Å². The second kappa shape index (κ2) is 17.4. The van der Waals surface area contributed by atoms with Crippen LogP contribution in [0.5, 0.6) is 5.75 Å². The van der Waals surface area contributed by atoms with E-state index >= 15 is 0 Å². The predicted molar refractivity (Wildman–Crippen MR) is 192 cm³/mol. The summed E-state index contributed by atoms with van der Waals surface area (Å²) in [6.45, 7) is 5.97. The zero-order chi connectivity index (χ0) is 34.7. The number of rotatable bonds is 16. The summed E-state index contributed by atoms with van der Waals surface area (Å²) in [6.07, 6.45) is 1.84. The molecule has 254 valence electrons. The molecular formula is C37H41Cl2N3O5S. The van der Waals surface area contributed by atoms with Gasteiger partial charge in [0.05, 0.1) is 17.2 Å². The van der Waals surface area contributed by atoms with Gasteiger partial charge in [-0.15, -0.1) is 0 Å². The van der Waals surface area contributed by atoms with Gasteiger partial charge in [-0.3, -0.25) is 13.9 Å². The number of carbonyl (C=O) groups excluding carboxylic acids is 2. The highest BCUT2D eigenvalue weighted by Crippen LogP contribution is 2.28. The summed E-state index contributed by atoms with van der Waals surface area (Å²) in [6, 6.07) is 26.3. The summed E-state index contributed by atoms with van der Waals surface area (Å²) >= 11 is 12.8. The molecule has 0 aliphatic heterocycles. The minimum atomic E-state index is -4.23. The van der Waals surface area contributed by atoms with Crippen LogP contribution < -0.4 is 14.4 Å². The number of nitrogens with zero attached hydrogens (tertiary/aromatic N) is 2. The van der Waals surface area contributed by atoms with E-state index in [0.29, 0.717) is 34.5 Å². The number of ether oxygens (including phenoxy) is 1. The number of halogens is 2. The van der Waals surface area contributed by atoms with Gasteiger partial charge in [-0.2, -0.15) is 0 Å². The molecule has 4 aromatic rings. The first-order valence-electron chi connectivity index (χ1n) is 15.9. The number of sulfonamides is 1. The molecule has 1 N–H and O–H groups in total. The van der Waals surface area contributed by atoms with E-state index in [2.05, 4.69) is 5.32 Å². The third-order valence-electron chi connectivity index (χ3n) is 7.78. The minimum absolute atomic E-state index is 0.0280. The maximum Gasteiger partial charge on any atom is 0.264 e. The van der Waals surface area contributed by atoms with E-state index in [-0.39, 0.29) is 29.5 Å². The van der Waals surface area contributed by atoms with Crippen LogP contribution >= 0.6 is 23.2 Å². The molecule has 0 fully saturated rings. The van der Waals surface area contributed by atoms with Crippen LogP contribution in [0.4, 0.5) is 5.69 Å². The largest absolute Gasteiger partial charge is 0.494 e. The Labute approximate surface area is 293 Å². The van der Waals surface area contributed by atoms with Crippen LogP contribution in [0, 0.1) is 6.92 Å². The molecule has 1 atom stereocenters. The van der Waals surface area contributed by atoms with Crippen molar-refractivity contribution in [3.8, 4) is 5.75 Å².